The van der Waals surface area contributed by atoms with Crippen molar-refractivity contribution in [1.82, 2.24) is 9.80 Å². The van der Waals surface area contributed by atoms with Crippen molar-refractivity contribution in [2.45, 2.75) is 38.4 Å². The highest BCUT2D eigenvalue weighted by Gasteiger charge is 2.36. The highest BCUT2D eigenvalue weighted by Crippen LogP contribution is 2.29. The summed E-state index contributed by atoms with van der Waals surface area (Å²) in [5, 5.41) is 0. The molecule has 116 valence electrons. The third-order valence-electron chi connectivity index (χ3n) is 5.02. The molecular formula is C17H26N2O2. The van der Waals surface area contributed by atoms with Gasteiger partial charge in [0.1, 0.15) is 11.5 Å². The molecule has 2 atom stereocenters. The molecule has 0 unspecified atom stereocenters. The first kappa shape index (κ1) is 14.7. The van der Waals surface area contributed by atoms with Crippen molar-refractivity contribution in [3.8, 4) is 11.5 Å². The van der Waals surface area contributed by atoms with Crippen LogP contribution in [0.1, 0.15) is 25.3 Å². The Morgan fingerprint density at radius 2 is 1.76 bits per heavy atom. The van der Waals surface area contributed by atoms with Crippen molar-refractivity contribution in [2.24, 2.45) is 0 Å². The van der Waals surface area contributed by atoms with Crippen molar-refractivity contribution in [1.29, 1.82) is 0 Å². The van der Waals surface area contributed by atoms with E-state index in [1.807, 2.05) is 6.07 Å². The van der Waals surface area contributed by atoms with Crippen LogP contribution in [0.2, 0.25) is 0 Å². The van der Waals surface area contributed by atoms with E-state index in [1.165, 1.54) is 31.5 Å². The zero-order chi connectivity index (χ0) is 14.8. The lowest BCUT2D eigenvalue weighted by Gasteiger charge is -2.43. The van der Waals surface area contributed by atoms with E-state index in [9.17, 15) is 0 Å². The number of piperazine rings is 1. The zero-order valence-corrected chi connectivity index (χ0v) is 13.3. The van der Waals surface area contributed by atoms with Crippen LogP contribution in [0.5, 0.6) is 11.5 Å². The van der Waals surface area contributed by atoms with E-state index in [0.717, 1.165) is 30.6 Å². The molecule has 21 heavy (non-hydrogen) atoms. The van der Waals surface area contributed by atoms with Crippen molar-refractivity contribution < 1.29 is 9.47 Å². The molecule has 0 radical (unpaired) electrons. The second-order valence-corrected chi connectivity index (χ2v) is 6.18. The fourth-order valence-electron chi connectivity index (χ4n) is 3.79. The van der Waals surface area contributed by atoms with Crippen molar-refractivity contribution in [2.75, 3.05) is 33.9 Å². The largest absolute Gasteiger partial charge is 0.497 e. The predicted molar refractivity (Wildman–Crippen MR) is 84.0 cm³/mol. The Morgan fingerprint density at radius 3 is 2.43 bits per heavy atom. The smallest absolute Gasteiger partial charge is 0.122 e. The average Bonchev–Trinajstić information content (AvgIpc) is 2.99. The van der Waals surface area contributed by atoms with E-state index >= 15 is 0 Å². The van der Waals surface area contributed by atoms with E-state index in [-0.39, 0.29) is 0 Å². The third kappa shape index (κ3) is 3.01. The fourth-order valence-corrected chi connectivity index (χ4v) is 3.79. The van der Waals surface area contributed by atoms with Gasteiger partial charge in [-0.2, -0.15) is 0 Å². The Hall–Kier alpha value is -1.26. The summed E-state index contributed by atoms with van der Waals surface area (Å²) in [5.41, 5.74) is 1.27. The maximum atomic E-state index is 5.38. The number of methoxy groups -OCH3 is 2. The molecule has 0 N–H and O–H groups in total. The van der Waals surface area contributed by atoms with Crippen LogP contribution in [0.3, 0.4) is 0 Å². The summed E-state index contributed by atoms with van der Waals surface area (Å²) in [5.74, 6) is 1.74. The summed E-state index contributed by atoms with van der Waals surface area (Å²) in [7, 11) is 3.41. The molecule has 2 saturated heterocycles. The Labute approximate surface area is 127 Å². The first-order valence-corrected chi connectivity index (χ1v) is 7.91. The molecular weight excluding hydrogens is 264 g/mol. The highest BCUT2D eigenvalue weighted by molar-refractivity contribution is 5.38. The van der Waals surface area contributed by atoms with Crippen LogP contribution in [0, 0.1) is 0 Å². The third-order valence-corrected chi connectivity index (χ3v) is 5.02. The molecule has 0 aromatic heterocycles. The van der Waals surface area contributed by atoms with Crippen LogP contribution in [-0.2, 0) is 6.54 Å². The number of benzene rings is 1. The average molecular weight is 290 g/mol. The molecule has 1 aromatic carbocycles. The Morgan fingerprint density at radius 1 is 1.05 bits per heavy atom. The van der Waals surface area contributed by atoms with Gasteiger partial charge in [-0.05, 0) is 44.0 Å². The summed E-state index contributed by atoms with van der Waals surface area (Å²) in [6.45, 7) is 6.99. The standard InChI is InChI=1S/C17H26N2O2/c1-13-17-5-4-6-18(17)7-8-19(13)12-14-9-15(20-2)11-16(10-14)21-3/h9-11,13,17H,4-8,12H2,1-3H3/t13-,17+/m1/s1. The number of fused-ring (bicyclic) bond motifs is 1. The minimum atomic E-state index is 0.624. The normalized spacial score (nSPS) is 26.6. The van der Waals surface area contributed by atoms with E-state index in [2.05, 4.69) is 28.9 Å². The van der Waals surface area contributed by atoms with Crippen LogP contribution >= 0.6 is 0 Å². The van der Waals surface area contributed by atoms with Gasteiger partial charge in [0.05, 0.1) is 14.2 Å². The molecule has 4 heteroatoms. The first-order valence-electron chi connectivity index (χ1n) is 7.91. The summed E-state index contributed by atoms with van der Waals surface area (Å²) in [4.78, 5) is 5.26. The van der Waals surface area contributed by atoms with Gasteiger partial charge in [0.15, 0.2) is 0 Å². The molecule has 2 fully saturated rings. The lowest BCUT2D eigenvalue weighted by molar-refractivity contribution is 0.0470. The van der Waals surface area contributed by atoms with Crippen LogP contribution < -0.4 is 9.47 Å². The van der Waals surface area contributed by atoms with Gasteiger partial charge < -0.3 is 9.47 Å². The predicted octanol–water partition coefficient (Wildman–Crippen LogP) is 2.37. The van der Waals surface area contributed by atoms with E-state index in [1.54, 1.807) is 14.2 Å². The van der Waals surface area contributed by atoms with Gasteiger partial charge in [-0.15, -0.1) is 0 Å². The molecule has 4 nitrogen and oxygen atoms in total. The Kier molecular flexibility index (Phi) is 4.36. The molecule has 1 aromatic rings. The molecule has 0 bridgehead atoms. The number of hydrogen-bond donors (Lipinski definition) is 0. The lowest BCUT2D eigenvalue weighted by Crippen LogP contribution is -2.55. The second-order valence-electron chi connectivity index (χ2n) is 6.18. The highest BCUT2D eigenvalue weighted by atomic mass is 16.5. The van der Waals surface area contributed by atoms with Crippen LogP contribution in [-0.4, -0.2) is 55.7 Å². The number of ether oxygens (including phenoxy) is 2. The first-order chi connectivity index (χ1) is 10.2. The van der Waals surface area contributed by atoms with E-state index in [0.29, 0.717) is 6.04 Å². The van der Waals surface area contributed by atoms with Gasteiger partial charge in [0.2, 0.25) is 0 Å². The van der Waals surface area contributed by atoms with Crippen molar-refractivity contribution >= 4 is 0 Å². The van der Waals surface area contributed by atoms with Gasteiger partial charge >= 0.3 is 0 Å². The van der Waals surface area contributed by atoms with Gasteiger partial charge in [-0.25, -0.2) is 0 Å². The fraction of sp³-hybridized carbons (Fsp3) is 0.647. The molecule has 3 rings (SSSR count). The topological polar surface area (TPSA) is 24.9 Å². The van der Waals surface area contributed by atoms with Gasteiger partial charge in [0.25, 0.3) is 0 Å². The zero-order valence-electron chi connectivity index (χ0n) is 13.3. The SMILES string of the molecule is COc1cc(CN2CCN3CCC[C@H]3[C@H]2C)cc(OC)c1. The van der Waals surface area contributed by atoms with E-state index in [4.69, 9.17) is 9.47 Å². The monoisotopic (exact) mass is 290 g/mol. The Bertz CT molecular complexity index is 469. The summed E-state index contributed by atoms with van der Waals surface area (Å²) < 4.78 is 10.8. The van der Waals surface area contributed by atoms with Crippen molar-refractivity contribution in [3.05, 3.63) is 23.8 Å². The molecule has 2 heterocycles. The summed E-state index contributed by atoms with van der Waals surface area (Å²) in [6.07, 6.45) is 2.70. The molecule has 2 aliphatic heterocycles. The molecule has 0 aliphatic carbocycles. The van der Waals surface area contributed by atoms with E-state index < -0.39 is 0 Å². The summed E-state index contributed by atoms with van der Waals surface area (Å²) >= 11 is 0. The number of rotatable bonds is 4. The maximum absolute atomic E-state index is 5.38. The van der Waals surface area contributed by atoms with Crippen LogP contribution in [0.4, 0.5) is 0 Å². The quantitative estimate of drug-likeness (QED) is 0.850. The molecule has 0 saturated carbocycles. The number of hydrogen-bond acceptors (Lipinski definition) is 4. The number of nitrogens with zero attached hydrogens (tertiary/aromatic N) is 2. The minimum Gasteiger partial charge on any atom is -0.497 e. The van der Waals surface area contributed by atoms with Crippen LogP contribution in [0.15, 0.2) is 18.2 Å². The molecule has 0 amide bonds. The summed E-state index contributed by atoms with van der Waals surface area (Å²) in [6, 6.07) is 7.54. The van der Waals surface area contributed by atoms with Gasteiger partial charge in [0, 0.05) is 37.8 Å². The van der Waals surface area contributed by atoms with Crippen LogP contribution in [0.25, 0.3) is 0 Å². The van der Waals surface area contributed by atoms with Gasteiger partial charge in [-0.1, -0.05) is 0 Å². The molecule has 2 aliphatic rings. The minimum absolute atomic E-state index is 0.624. The lowest BCUT2D eigenvalue weighted by atomic mass is 10.0. The Balaban J connectivity index is 1.73. The van der Waals surface area contributed by atoms with Crippen molar-refractivity contribution in [3.63, 3.8) is 0 Å². The maximum Gasteiger partial charge on any atom is 0.122 e. The van der Waals surface area contributed by atoms with Gasteiger partial charge in [-0.3, -0.25) is 9.80 Å². The molecule has 0 spiro atoms. The second kappa shape index (κ2) is 6.24.